The summed E-state index contributed by atoms with van der Waals surface area (Å²) in [4.78, 5) is 27.0. The third-order valence-electron chi connectivity index (χ3n) is 4.56. The van der Waals surface area contributed by atoms with Crippen LogP contribution in [-0.2, 0) is 11.3 Å². The van der Waals surface area contributed by atoms with E-state index < -0.39 is 17.8 Å². The highest BCUT2D eigenvalue weighted by Crippen LogP contribution is 2.32. The Kier molecular flexibility index (Phi) is 5.82. The van der Waals surface area contributed by atoms with Crippen molar-refractivity contribution in [3.63, 3.8) is 0 Å². The normalized spacial score (nSPS) is 13.3. The van der Waals surface area contributed by atoms with E-state index >= 15 is 0 Å². The maximum absolute atomic E-state index is 13.1. The molecule has 0 spiro atoms. The predicted molar refractivity (Wildman–Crippen MR) is 102 cm³/mol. The Morgan fingerprint density at radius 3 is 2.46 bits per heavy atom. The molecule has 1 N–H and O–H groups in total. The maximum Gasteiger partial charge on any atom is 0.251 e. The number of rotatable bonds is 6. The Morgan fingerprint density at radius 2 is 1.79 bits per heavy atom. The summed E-state index contributed by atoms with van der Waals surface area (Å²) in [5.41, 5.74) is 1.20. The second-order valence-corrected chi connectivity index (χ2v) is 7.08. The van der Waals surface area contributed by atoms with Gasteiger partial charge in [0, 0.05) is 19.2 Å². The van der Waals surface area contributed by atoms with Crippen LogP contribution in [0.3, 0.4) is 0 Å². The lowest BCUT2D eigenvalue weighted by Gasteiger charge is -2.27. The van der Waals surface area contributed by atoms with Crippen LogP contribution < -0.4 is 14.8 Å². The molecule has 0 radical (unpaired) electrons. The molecule has 0 fully saturated rings. The van der Waals surface area contributed by atoms with Crippen LogP contribution in [0.5, 0.6) is 11.5 Å². The number of benzene rings is 2. The molecule has 3 rings (SSSR count). The first kappa shape index (κ1) is 19.7. The molecule has 0 bridgehead atoms. The van der Waals surface area contributed by atoms with E-state index in [0.29, 0.717) is 23.6 Å². The summed E-state index contributed by atoms with van der Waals surface area (Å²) in [7, 11) is 1.69. The molecule has 0 saturated carbocycles. The first-order chi connectivity index (χ1) is 13.3. The number of likely N-dealkylation sites (N-methyl/N-ethyl adjacent to an activating group) is 1. The molecule has 148 valence electrons. The average Bonchev–Trinajstić information content (AvgIpc) is 3.13. The van der Waals surface area contributed by atoms with Crippen molar-refractivity contribution < 1.29 is 23.5 Å². The summed E-state index contributed by atoms with van der Waals surface area (Å²) in [6.07, 6.45) is 0. The number of hydrogen-bond acceptors (Lipinski definition) is 4. The van der Waals surface area contributed by atoms with Crippen LogP contribution in [0.2, 0.25) is 0 Å². The zero-order valence-corrected chi connectivity index (χ0v) is 16.1. The summed E-state index contributed by atoms with van der Waals surface area (Å²) in [5, 5.41) is 2.76. The summed E-state index contributed by atoms with van der Waals surface area (Å²) in [6, 6.07) is 10.0. The average molecular weight is 386 g/mol. The largest absolute Gasteiger partial charge is 0.454 e. The van der Waals surface area contributed by atoms with Gasteiger partial charge in [0.25, 0.3) is 5.91 Å². The van der Waals surface area contributed by atoms with Gasteiger partial charge in [-0.2, -0.15) is 0 Å². The fourth-order valence-corrected chi connectivity index (χ4v) is 2.97. The summed E-state index contributed by atoms with van der Waals surface area (Å²) >= 11 is 0. The van der Waals surface area contributed by atoms with Crippen LogP contribution in [0.1, 0.15) is 29.8 Å². The maximum atomic E-state index is 13.1. The molecule has 1 atom stereocenters. The van der Waals surface area contributed by atoms with Gasteiger partial charge in [-0.05, 0) is 47.9 Å². The Balaban J connectivity index is 1.67. The summed E-state index contributed by atoms with van der Waals surface area (Å²) in [6.45, 7) is 4.29. The molecule has 2 amide bonds. The lowest BCUT2D eigenvalue weighted by Crippen LogP contribution is -2.50. The van der Waals surface area contributed by atoms with E-state index in [2.05, 4.69) is 5.32 Å². The topological polar surface area (TPSA) is 67.9 Å². The van der Waals surface area contributed by atoms with Crippen LogP contribution in [-0.4, -0.2) is 36.6 Å². The first-order valence-corrected chi connectivity index (χ1v) is 9.05. The number of carbonyl (C=O) groups excluding carboxylic acids is 2. The Bertz CT molecular complexity index is 867. The lowest BCUT2D eigenvalue weighted by molar-refractivity contribution is -0.133. The molecule has 7 heteroatoms. The van der Waals surface area contributed by atoms with Crippen molar-refractivity contribution in [1.82, 2.24) is 10.2 Å². The van der Waals surface area contributed by atoms with Gasteiger partial charge < -0.3 is 19.7 Å². The number of nitrogens with one attached hydrogen (secondary N) is 1. The molecule has 0 unspecified atom stereocenters. The highest BCUT2D eigenvalue weighted by molar-refractivity contribution is 5.97. The van der Waals surface area contributed by atoms with E-state index in [1.165, 1.54) is 24.3 Å². The van der Waals surface area contributed by atoms with E-state index in [-0.39, 0.29) is 18.6 Å². The monoisotopic (exact) mass is 386 g/mol. The zero-order valence-electron chi connectivity index (χ0n) is 16.1. The molecule has 0 saturated heterocycles. The number of fused-ring (bicyclic) bond motifs is 1. The molecule has 1 heterocycles. The second kappa shape index (κ2) is 8.29. The molecular weight excluding hydrogens is 363 g/mol. The fraction of sp³-hybridized carbons (Fsp3) is 0.333. The van der Waals surface area contributed by atoms with Gasteiger partial charge in [0.1, 0.15) is 11.9 Å². The van der Waals surface area contributed by atoms with Gasteiger partial charge in [0.05, 0.1) is 0 Å². The van der Waals surface area contributed by atoms with Crippen LogP contribution in [0, 0.1) is 11.7 Å². The molecule has 28 heavy (non-hydrogen) atoms. The number of ether oxygens (including phenoxy) is 2. The minimum Gasteiger partial charge on any atom is -0.454 e. The Morgan fingerprint density at radius 1 is 1.11 bits per heavy atom. The van der Waals surface area contributed by atoms with Gasteiger partial charge >= 0.3 is 0 Å². The number of carbonyl (C=O) groups is 2. The van der Waals surface area contributed by atoms with E-state index in [1.54, 1.807) is 11.9 Å². The van der Waals surface area contributed by atoms with Crippen molar-refractivity contribution in [1.29, 1.82) is 0 Å². The molecule has 0 aromatic heterocycles. The number of hydrogen-bond donors (Lipinski definition) is 1. The van der Waals surface area contributed by atoms with E-state index in [9.17, 15) is 14.0 Å². The molecule has 1 aliphatic heterocycles. The standard InChI is InChI=1S/C21H23FN2O4/c1-13(2)19(23-20(25)15-5-7-16(22)8-6-15)21(26)24(3)11-14-4-9-17-18(10-14)28-12-27-17/h4-10,13,19H,11-12H2,1-3H3,(H,23,25)/t19-/m0/s1. The van der Waals surface area contributed by atoms with Crippen molar-refractivity contribution in [2.75, 3.05) is 13.8 Å². The number of nitrogens with zero attached hydrogens (tertiary/aromatic N) is 1. The quantitative estimate of drug-likeness (QED) is 0.829. The lowest BCUT2D eigenvalue weighted by atomic mass is 10.0. The predicted octanol–water partition coefficient (Wildman–Crippen LogP) is 2.97. The smallest absolute Gasteiger partial charge is 0.251 e. The Labute approximate surface area is 163 Å². The van der Waals surface area contributed by atoms with Crippen molar-refractivity contribution in [3.8, 4) is 11.5 Å². The van der Waals surface area contributed by atoms with Gasteiger partial charge in [-0.15, -0.1) is 0 Å². The van der Waals surface area contributed by atoms with Crippen molar-refractivity contribution in [2.24, 2.45) is 5.92 Å². The summed E-state index contributed by atoms with van der Waals surface area (Å²) < 4.78 is 23.7. The van der Waals surface area contributed by atoms with Crippen molar-refractivity contribution in [3.05, 3.63) is 59.4 Å². The Hall–Kier alpha value is -3.09. The number of halogens is 1. The number of amides is 2. The minimum atomic E-state index is -0.698. The van der Waals surface area contributed by atoms with Crippen molar-refractivity contribution >= 4 is 11.8 Å². The molecule has 2 aromatic carbocycles. The third kappa shape index (κ3) is 4.42. The third-order valence-corrected chi connectivity index (χ3v) is 4.56. The van der Waals surface area contributed by atoms with Gasteiger partial charge in [0.15, 0.2) is 11.5 Å². The highest BCUT2D eigenvalue weighted by atomic mass is 19.1. The van der Waals surface area contributed by atoms with Crippen molar-refractivity contribution in [2.45, 2.75) is 26.4 Å². The first-order valence-electron chi connectivity index (χ1n) is 9.05. The molecule has 1 aliphatic rings. The molecule has 0 aliphatic carbocycles. The van der Waals surface area contributed by atoms with Gasteiger partial charge in [-0.3, -0.25) is 9.59 Å². The molecule has 2 aromatic rings. The van der Waals surface area contributed by atoms with E-state index in [4.69, 9.17) is 9.47 Å². The second-order valence-electron chi connectivity index (χ2n) is 7.08. The van der Waals surface area contributed by atoms with Crippen LogP contribution in [0.4, 0.5) is 4.39 Å². The van der Waals surface area contributed by atoms with E-state index in [1.807, 2.05) is 32.0 Å². The SMILES string of the molecule is CC(C)[C@H](NC(=O)c1ccc(F)cc1)C(=O)N(C)Cc1ccc2c(c1)OCO2. The van der Waals surface area contributed by atoms with Crippen LogP contribution in [0.25, 0.3) is 0 Å². The zero-order chi connectivity index (χ0) is 20.3. The fourth-order valence-electron chi connectivity index (χ4n) is 2.97. The van der Waals surface area contributed by atoms with Crippen LogP contribution in [0.15, 0.2) is 42.5 Å². The summed E-state index contributed by atoms with van der Waals surface area (Å²) in [5.74, 6) is 0.187. The minimum absolute atomic E-state index is 0.115. The van der Waals surface area contributed by atoms with Crippen LogP contribution >= 0.6 is 0 Å². The molecular formula is C21H23FN2O4. The van der Waals surface area contributed by atoms with E-state index in [0.717, 1.165) is 5.56 Å². The van der Waals surface area contributed by atoms with Gasteiger partial charge in [0.2, 0.25) is 12.7 Å². The van der Waals surface area contributed by atoms with Gasteiger partial charge in [-0.25, -0.2) is 4.39 Å². The highest BCUT2D eigenvalue weighted by Gasteiger charge is 2.27. The molecule has 6 nitrogen and oxygen atoms in total. The van der Waals surface area contributed by atoms with Gasteiger partial charge in [-0.1, -0.05) is 19.9 Å².